The first-order valence-electron chi connectivity index (χ1n) is 8.52. The molecule has 3 aromatic rings. The molecule has 5 nitrogen and oxygen atoms in total. The van der Waals surface area contributed by atoms with Crippen molar-refractivity contribution in [2.24, 2.45) is 0 Å². The maximum Gasteiger partial charge on any atom is 0.274 e. The average molecular weight is 347 g/mol. The van der Waals surface area contributed by atoms with E-state index in [-0.39, 0.29) is 11.6 Å². The number of carbonyl (C=O) groups is 1. The lowest BCUT2D eigenvalue weighted by Gasteiger charge is -2.13. The number of hydrogen-bond acceptors (Lipinski definition) is 4. The van der Waals surface area contributed by atoms with E-state index in [1.807, 2.05) is 54.6 Å². The molecule has 0 bridgehead atoms. The van der Waals surface area contributed by atoms with Gasteiger partial charge in [-0.1, -0.05) is 62.4 Å². The van der Waals surface area contributed by atoms with E-state index in [2.05, 4.69) is 29.1 Å². The lowest BCUT2D eigenvalue weighted by Crippen LogP contribution is -2.15. The van der Waals surface area contributed by atoms with Crippen LogP contribution in [0.4, 0.5) is 5.69 Å². The van der Waals surface area contributed by atoms with E-state index in [4.69, 9.17) is 4.74 Å². The Bertz CT molecular complexity index is 879. The number of aromatic nitrogens is 2. The van der Waals surface area contributed by atoms with Gasteiger partial charge in [0.1, 0.15) is 18.6 Å². The van der Waals surface area contributed by atoms with Gasteiger partial charge in [-0.05, 0) is 23.1 Å². The molecule has 0 radical (unpaired) electrons. The Hall–Kier alpha value is -3.21. The van der Waals surface area contributed by atoms with Gasteiger partial charge in [-0.15, -0.1) is 0 Å². The zero-order valence-corrected chi connectivity index (χ0v) is 14.8. The van der Waals surface area contributed by atoms with Crippen molar-refractivity contribution in [3.8, 4) is 5.88 Å². The summed E-state index contributed by atoms with van der Waals surface area (Å²) in [6, 6.07) is 19.1. The molecule has 26 heavy (non-hydrogen) atoms. The standard InChI is InChI=1S/C21H21N3O2/c1-15(2)17-10-6-7-11-18(17)24-21(25)19-12-20(23-14-22-19)26-13-16-8-4-3-5-9-16/h3-12,14-15H,13H2,1-2H3,(H,24,25). The third kappa shape index (κ3) is 4.45. The monoisotopic (exact) mass is 347 g/mol. The summed E-state index contributed by atoms with van der Waals surface area (Å²) in [4.78, 5) is 20.7. The summed E-state index contributed by atoms with van der Waals surface area (Å²) in [5, 5.41) is 2.92. The van der Waals surface area contributed by atoms with Crippen molar-refractivity contribution in [3.05, 3.63) is 83.8 Å². The molecular formula is C21H21N3O2. The van der Waals surface area contributed by atoms with Crippen LogP contribution in [0.1, 0.15) is 41.4 Å². The molecule has 132 valence electrons. The molecule has 1 aromatic heterocycles. The van der Waals surface area contributed by atoms with Crippen molar-refractivity contribution >= 4 is 11.6 Å². The second-order valence-corrected chi connectivity index (χ2v) is 6.21. The van der Waals surface area contributed by atoms with Gasteiger partial charge in [-0.2, -0.15) is 0 Å². The number of amides is 1. The Labute approximate surface area is 153 Å². The number of nitrogens with one attached hydrogen (secondary N) is 1. The van der Waals surface area contributed by atoms with Crippen molar-refractivity contribution in [1.29, 1.82) is 0 Å². The SMILES string of the molecule is CC(C)c1ccccc1NC(=O)c1cc(OCc2ccccc2)ncn1. The molecule has 0 aliphatic rings. The van der Waals surface area contributed by atoms with E-state index < -0.39 is 0 Å². The van der Waals surface area contributed by atoms with Crippen LogP contribution in [0.5, 0.6) is 5.88 Å². The van der Waals surface area contributed by atoms with E-state index in [0.29, 0.717) is 18.4 Å². The molecule has 1 heterocycles. The molecule has 3 rings (SSSR count). The minimum atomic E-state index is -0.287. The summed E-state index contributed by atoms with van der Waals surface area (Å²) in [7, 11) is 0. The van der Waals surface area contributed by atoms with Gasteiger partial charge >= 0.3 is 0 Å². The van der Waals surface area contributed by atoms with Gasteiger partial charge in [-0.3, -0.25) is 4.79 Å². The van der Waals surface area contributed by atoms with E-state index >= 15 is 0 Å². The molecule has 0 spiro atoms. The molecule has 0 atom stereocenters. The van der Waals surface area contributed by atoms with Gasteiger partial charge in [0.25, 0.3) is 5.91 Å². The summed E-state index contributed by atoms with van der Waals surface area (Å²) in [5.74, 6) is 0.387. The maximum atomic E-state index is 12.6. The Kier molecular flexibility index (Phi) is 5.59. The van der Waals surface area contributed by atoms with Crippen LogP contribution in [0.15, 0.2) is 67.0 Å². The van der Waals surface area contributed by atoms with Gasteiger partial charge in [-0.25, -0.2) is 9.97 Å². The summed E-state index contributed by atoms with van der Waals surface area (Å²) in [5.41, 5.74) is 3.16. The van der Waals surface area contributed by atoms with E-state index in [0.717, 1.165) is 16.8 Å². The number of benzene rings is 2. The van der Waals surface area contributed by atoms with Crippen LogP contribution in [-0.4, -0.2) is 15.9 Å². The van der Waals surface area contributed by atoms with Gasteiger partial charge in [0.2, 0.25) is 5.88 Å². The second-order valence-electron chi connectivity index (χ2n) is 6.21. The zero-order valence-electron chi connectivity index (χ0n) is 14.8. The minimum Gasteiger partial charge on any atom is -0.473 e. The maximum absolute atomic E-state index is 12.6. The van der Waals surface area contributed by atoms with E-state index in [1.54, 1.807) is 6.07 Å². The Morgan fingerprint density at radius 1 is 1.04 bits per heavy atom. The van der Waals surface area contributed by atoms with Crippen LogP contribution < -0.4 is 10.1 Å². The number of ether oxygens (including phenoxy) is 1. The van der Waals surface area contributed by atoms with Crippen LogP contribution in [0.3, 0.4) is 0 Å². The largest absolute Gasteiger partial charge is 0.473 e. The van der Waals surface area contributed by atoms with Gasteiger partial charge < -0.3 is 10.1 Å². The molecule has 1 amide bonds. The van der Waals surface area contributed by atoms with Crippen LogP contribution >= 0.6 is 0 Å². The molecule has 0 saturated heterocycles. The highest BCUT2D eigenvalue weighted by atomic mass is 16.5. The van der Waals surface area contributed by atoms with E-state index in [9.17, 15) is 4.79 Å². The molecule has 5 heteroatoms. The van der Waals surface area contributed by atoms with Gasteiger partial charge in [0.05, 0.1) is 0 Å². The topological polar surface area (TPSA) is 64.1 Å². The number of hydrogen-bond donors (Lipinski definition) is 1. The number of anilines is 1. The highest BCUT2D eigenvalue weighted by Gasteiger charge is 2.13. The number of carbonyl (C=O) groups excluding carboxylic acids is 1. The molecule has 1 N–H and O–H groups in total. The number of nitrogens with zero attached hydrogens (tertiary/aromatic N) is 2. The van der Waals surface area contributed by atoms with E-state index in [1.165, 1.54) is 6.33 Å². The van der Waals surface area contributed by atoms with Crippen molar-refractivity contribution in [2.45, 2.75) is 26.4 Å². The quantitative estimate of drug-likeness (QED) is 0.716. The normalized spacial score (nSPS) is 10.6. The zero-order chi connectivity index (χ0) is 18.4. The molecular weight excluding hydrogens is 326 g/mol. The second kappa shape index (κ2) is 8.25. The number of rotatable bonds is 6. The van der Waals surface area contributed by atoms with Crippen molar-refractivity contribution in [2.75, 3.05) is 5.32 Å². The predicted octanol–water partition coefficient (Wildman–Crippen LogP) is 4.43. The van der Waals surface area contributed by atoms with Crippen molar-refractivity contribution in [1.82, 2.24) is 9.97 Å². The molecule has 0 fully saturated rings. The first kappa shape index (κ1) is 17.6. The van der Waals surface area contributed by atoms with Crippen LogP contribution in [0.2, 0.25) is 0 Å². The predicted molar refractivity (Wildman–Crippen MR) is 101 cm³/mol. The smallest absolute Gasteiger partial charge is 0.274 e. The summed E-state index contributed by atoms with van der Waals surface area (Å²) >= 11 is 0. The fourth-order valence-corrected chi connectivity index (χ4v) is 2.57. The lowest BCUT2D eigenvalue weighted by atomic mass is 10.0. The average Bonchev–Trinajstić information content (AvgIpc) is 2.67. The lowest BCUT2D eigenvalue weighted by molar-refractivity contribution is 0.102. The highest BCUT2D eigenvalue weighted by molar-refractivity contribution is 6.03. The Balaban J connectivity index is 1.70. The number of para-hydroxylation sites is 1. The highest BCUT2D eigenvalue weighted by Crippen LogP contribution is 2.24. The van der Waals surface area contributed by atoms with Crippen molar-refractivity contribution in [3.63, 3.8) is 0 Å². The molecule has 0 aliphatic carbocycles. The third-order valence-corrected chi connectivity index (χ3v) is 3.94. The first-order valence-corrected chi connectivity index (χ1v) is 8.52. The fraction of sp³-hybridized carbons (Fsp3) is 0.190. The minimum absolute atomic E-state index is 0.265. The van der Waals surface area contributed by atoms with Crippen molar-refractivity contribution < 1.29 is 9.53 Å². The van der Waals surface area contributed by atoms with Crippen LogP contribution in [-0.2, 0) is 6.61 Å². The summed E-state index contributed by atoms with van der Waals surface area (Å²) in [6.07, 6.45) is 1.34. The van der Waals surface area contributed by atoms with Gasteiger partial charge in [0, 0.05) is 11.8 Å². The molecule has 0 aliphatic heterocycles. The molecule has 2 aromatic carbocycles. The summed E-state index contributed by atoms with van der Waals surface area (Å²) < 4.78 is 5.66. The van der Waals surface area contributed by atoms with Gasteiger partial charge in [0.15, 0.2) is 0 Å². The Morgan fingerprint density at radius 3 is 2.54 bits per heavy atom. The third-order valence-electron chi connectivity index (χ3n) is 3.94. The molecule has 0 saturated carbocycles. The Morgan fingerprint density at radius 2 is 1.77 bits per heavy atom. The van der Waals surface area contributed by atoms with Crippen LogP contribution in [0.25, 0.3) is 0 Å². The molecule has 0 unspecified atom stereocenters. The summed E-state index contributed by atoms with van der Waals surface area (Å²) in [6.45, 7) is 4.56. The first-order chi connectivity index (χ1) is 12.6. The van der Waals surface area contributed by atoms with Crippen LogP contribution in [0, 0.1) is 0 Å². The fourth-order valence-electron chi connectivity index (χ4n) is 2.57.